The Labute approximate surface area is 104 Å². The van der Waals surface area contributed by atoms with Crippen LogP contribution in [0.2, 0.25) is 0 Å². The first-order valence-corrected chi connectivity index (χ1v) is 7.35. The predicted molar refractivity (Wildman–Crippen MR) is 67.1 cm³/mol. The quantitative estimate of drug-likeness (QED) is 0.771. The largest absolute Gasteiger partial charge is 0.376 e. The summed E-state index contributed by atoms with van der Waals surface area (Å²) in [7, 11) is 0. The summed E-state index contributed by atoms with van der Waals surface area (Å²) < 4.78 is 11.9. The Morgan fingerprint density at radius 2 is 1.94 bits per heavy atom. The lowest BCUT2D eigenvalue weighted by atomic mass is 10.0. The van der Waals surface area contributed by atoms with E-state index < -0.39 is 0 Å². The van der Waals surface area contributed by atoms with Crippen molar-refractivity contribution in [3.8, 4) is 0 Å². The second kappa shape index (κ2) is 5.25. The summed E-state index contributed by atoms with van der Waals surface area (Å²) in [5.41, 5.74) is 0.133. The van der Waals surface area contributed by atoms with Gasteiger partial charge in [0.05, 0.1) is 18.3 Å². The van der Waals surface area contributed by atoms with Gasteiger partial charge in [-0.15, -0.1) is 0 Å². The minimum absolute atomic E-state index is 0.133. The van der Waals surface area contributed by atoms with Gasteiger partial charge in [-0.3, -0.25) is 0 Å². The summed E-state index contributed by atoms with van der Waals surface area (Å²) in [6.07, 6.45) is 10.6. The fourth-order valence-corrected chi connectivity index (χ4v) is 3.05. The molecule has 1 N–H and O–H groups in total. The summed E-state index contributed by atoms with van der Waals surface area (Å²) in [4.78, 5) is 0. The van der Waals surface area contributed by atoms with Crippen molar-refractivity contribution < 1.29 is 9.47 Å². The summed E-state index contributed by atoms with van der Waals surface area (Å²) in [5, 5.41) is 3.65. The number of hydrogen-bond donors (Lipinski definition) is 1. The van der Waals surface area contributed by atoms with Gasteiger partial charge in [-0.2, -0.15) is 0 Å². The topological polar surface area (TPSA) is 30.5 Å². The first-order valence-electron chi connectivity index (χ1n) is 7.35. The number of ether oxygens (including phenoxy) is 2. The summed E-state index contributed by atoms with van der Waals surface area (Å²) in [6.45, 7) is 2.80. The molecule has 17 heavy (non-hydrogen) atoms. The van der Waals surface area contributed by atoms with Gasteiger partial charge in [0.1, 0.15) is 0 Å². The zero-order valence-electron chi connectivity index (χ0n) is 10.7. The first kappa shape index (κ1) is 11.9. The molecule has 3 nitrogen and oxygen atoms in total. The van der Waals surface area contributed by atoms with Crippen LogP contribution >= 0.6 is 0 Å². The molecule has 1 atom stereocenters. The molecule has 1 aliphatic heterocycles. The van der Waals surface area contributed by atoms with Crippen molar-refractivity contribution in [3.63, 3.8) is 0 Å². The highest BCUT2D eigenvalue weighted by molar-refractivity contribution is 4.92. The Kier molecular flexibility index (Phi) is 3.69. The molecule has 3 aliphatic rings. The van der Waals surface area contributed by atoms with Crippen LogP contribution in [0.5, 0.6) is 0 Å². The highest BCUT2D eigenvalue weighted by Gasteiger charge is 2.37. The highest BCUT2D eigenvalue weighted by Crippen LogP contribution is 2.34. The first-order chi connectivity index (χ1) is 8.36. The molecular weight excluding hydrogens is 214 g/mol. The molecule has 0 amide bonds. The van der Waals surface area contributed by atoms with Crippen LogP contribution in [-0.2, 0) is 9.47 Å². The predicted octanol–water partition coefficient (Wildman–Crippen LogP) is 2.25. The number of nitrogens with one attached hydrogen (secondary N) is 1. The minimum atomic E-state index is 0.133. The van der Waals surface area contributed by atoms with Crippen LogP contribution in [0.3, 0.4) is 0 Å². The average molecular weight is 239 g/mol. The molecule has 2 saturated carbocycles. The SMILES string of the molecule is C1COC(COC2(CNC3CC3)CCCC2)C1. The third-order valence-electron chi connectivity index (χ3n) is 4.40. The highest BCUT2D eigenvalue weighted by atomic mass is 16.5. The lowest BCUT2D eigenvalue weighted by Crippen LogP contribution is -2.43. The van der Waals surface area contributed by atoms with Gasteiger partial charge >= 0.3 is 0 Å². The molecule has 3 fully saturated rings. The minimum Gasteiger partial charge on any atom is -0.376 e. The maximum atomic E-state index is 6.27. The lowest BCUT2D eigenvalue weighted by molar-refractivity contribution is -0.0796. The molecule has 0 aromatic heterocycles. The van der Waals surface area contributed by atoms with E-state index in [1.54, 1.807) is 0 Å². The Morgan fingerprint density at radius 1 is 1.12 bits per heavy atom. The molecule has 1 saturated heterocycles. The maximum Gasteiger partial charge on any atom is 0.0809 e. The molecule has 0 aromatic rings. The van der Waals surface area contributed by atoms with E-state index in [1.165, 1.54) is 51.4 Å². The average Bonchev–Trinajstić information content (AvgIpc) is 2.86. The number of hydrogen-bond acceptors (Lipinski definition) is 3. The molecule has 3 heteroatoms. The fourth-order valence-electron chi connectivity index (χ4n) is 3.05. The van der Waals surface area contributed by atoms with E-state index in [4.69, 9.17) is 9.47 Å². The Hall–Kier alpha value is -0.120. The van der Waals surface area contributed by atoms with Gasteiger partial charge in [-0.1, -0.05) is 12.8 Å². The van der Waals surface area contributed by atoms with E-state index in [0.29, 0.717) is 6.10 Å². The lowest BCUT2D eigenvalue weighted by Gasteiger charge is -2.31. The summed E-state index contributed by atoms with van der Waals surface area (Å²) >= 11 is 0. The zero-order valence-corrected chi connectivity index (χ0v) is 10.7. The summed E-state index contributed by atoms with van der Waals surface area (Å²) in [6, 6.07) is 0.791. The molecule has 0 radical (unpaired) electrons. The summed E-state index contributed by atoms with van der Waals surface area (Å²) in [5.74, 6) is 0. The Morgan fingerprint density at radius 3 is 2.59 bits per heavy atom. The van der Waals surface area contributed by atoms with E-state index in [9.17, 15) is 0 Å². The van der Waals surface area contributed by atoms with Crippen LogP contribution in [-0.4, -0.2) is 37.5 Å². The van der Waals surface area contributed by atoms with Gasteiger partial charge < -0.3 is 14.8 Å². The van der Waals surface area contributed by atoms with Gasteiger partial charge in [0.25, 0.3) is 0 Å². The van der Waals surface area contributed by atoms with Crippen LogP contribution < -0.4 is 5.32 Å². The van der Waals surface area contributed by atoms with Crippen molar-refractivity contribution in [2.75, 3.05) is 19.8 Å². The molecule has 0 bridgehead atoms. The molecule has 2 aliphatic carbocycles. The van der Waals surface area contributed by atoms with E-state index in [0.717, 1.165) is 25.8 Å². The van der Waals surface area contributed by atoms with Gasteiger partial charge in [0.2, 0.25) is 0 Å². The van der Waals surface area contributed by atoms with Gasteiger partial charge in [0.15, 0.2) is 0 Å². The van der Waals surface area contributed by atoms with E-state index in [2.05, 4.69) is 5.32 Å². The second-order valence-corrected chi connectivity index (χ2v) is 5.99. The van der Waals surface area contributed by atoms with Crippen molar-refractivity contribution in [2.45, 2.75) is 69.1 Å². The van der Waals surface area contributed by atoms with Gasteiger partial charge in [0, 0.05) is 19.2 Å². The van der Waals surface area contributed by atoms with Crippen molar-refractivity contribution >= 4 is 0 Å². The van der Waals surface area contributed by atoms with E-state index >= 15 is 0 Å². The van der Waals surface area contributed by atoms with Crippen LogP contribution in [0.25, 0.3) is 0 Å². The molecule has 3 rings (SSSR count). The van der Waals surface area contributed by atoms with Crippen LogP contribution in [0, 0.1) is 0 Å². The molecule has 98 valence electrons. The number of rotatable bonds is 6. The molecule has 1 heterocycles. The van der Waals surface area contributed by atoms with Crippen molar-refractivity contribution in [1.82, 2.24) is 5.32 Å². The van der Waals surface area contributed by atoms with Gasteiger partial charge in [-0.25, -0.2) is 0 Å². The standard InChI is InChI=1S/C14H25NO2/c1-2-8-14(7-1,11-15-12-5-6-12)17-10-13-4-3-9-16-13/h12-13,15H,1-11H2. The Bertz CT molecular complexity index is 241. The molecule has 0 spiro atoms. The van der Waals surface area contributed by atoms with E-state index in [1.807, 2.05) is 0 Å². The molecule has 0 aromatic carbocycles. The Balaban J connectivity index is 1.47. The maximum absolute atomic E-state index is 6.27. The fraction of sp³-hybridized carbons (Fsp3) is 1.00. The van der Waals surface area contributed by atoms with Crippen LogP contribution in [0.15, 0.2) is 0 Å². The monoisotopic (exact) mass is 239 g/mol. The van der Waals surface area contributed by atoms with Crippen molar-refractivity contribution in [1.29, 1.82) is 0 Å². The van der Waals surface area contributed by atoms with Crippen molar-refractivity contribution in [2.24, 2.45) is 0 Å². The van der Waals surface area contributed by atoms with Crippen molar-refractivity contribution in [3.05, 3.63) is 0 Å². The smallest absolute Gasteiger partial charge is 0.0809 e. The normalized spacial score (nSPS) is 32.1. The van der Waals surface area contributed by atoms with Crippen LogP contribution in [0.1, 0.15) is 51.4 Å². The van der Waals surface area contributed by atoms with E-state index in [-0.39, 0.29) is 5.60 Å². The van der Waals surface area contributed by atoms with Gasteiger partial charge in [-0.05, 0) is 38.5 Å². The van der Waals surface area contributed by atoms with Crippen LogP contribution in [0.4, 0.5) is 0 Å². The third kappa shape index (κ3) is 3.21. The third-order valence-corrected chi connectivity index (χ3v) is 4.40. The molecule has 1 unspecified atom stereocenters. The second-order valence-electron chi connectivity index (χ2n) is 5.99. The molecular formula is C14H25NO2. The zero-order chi connectivity index (χ0) is 11.6.